The number of ether oxygens (including phenoxy) is 1. The molecule has 3 heterocycles. The molecule has 1 aliphatic carbocycles. The van der Waals surface area contributed by atoms with Gasteiger partial charge in [-0.25, -0.2) is 14.2 Å². The summed E-state index contributed by atoms with van der Waals surface area (Å²) < 4.78 is 21.2. The van der Waals surface area contributed by atoms with Crippen molar-refractivity contribution in [3.63, 3.8) is 0 Å². The van der Waals surface area contributed by atoms with Crippen molar-refractivity contribution >= 4 is 28.8 Å². The second kappa shape index (κ2) is 14.4. The first-order valence-corrected chi connectivity index (χ1v) is 16.6. The maximum atomic E-state index is 14.4. The summed E-state index contributed by atoms with van der Waals surface area (Å²) in [5.41, 5.74) is 2.67. The number of nitrogens with zero attached hydrogens (tertiary/aromatic N) is 4. The van der Waals surface area contributed by atoms with E-state index >= 15 is 0 Å². The van der Waals surface area contributed by atoms with Gasteiger partial charge in [0.1, 0.15) is 30.3 Å². The number of aromatic nitrogens is 2. The lowest BCUT2D eigenvalue weighted by atomic mass is 9.83. The minimum atomic E-state index is -0.834. The zero-order valence-electron chi connectivity index (χ0n) is 27.0. The number of fused-ring (bicyclic) bond motifs is 1. The molecule has 1 saturated carbocycles. The number of nitrogens with one attached hydrogen (secondary N) is 1. The van der Waals surface area contributed by atoms with Crippen molar-refractivity contribution in [2.75, 3.05) is 13.6 Å². The fraction of sp³-hybridized carbons (Fsp3) is 0.405. The Morgan fingerprint density at radius 1 is 1.00 bits per heavy atom. The Hall–Kier alpha value is -4.73. The van der Waals surface area contributed by atoms with Gasteiger partial charge in [-0.1, -0.05) is 49.6 Å². The highest BCUT2D eigenvalue weighted by Crippen LogP contribution is 2.36. The molecule has 0 spiro atoms. The highest BCUT2D eigenvalue weighted by atomic mass is 19.1. The van der Waals surface area contributed by atoms with Gasteiger partial charge in [-0.3, -0.25) is 14.5 Å². The van der Waals surface area contributed by atoms with Crippen LogP contribution in [0.5, 0.6) is 0 Å². The van der Waals surface area contributed by atoms with Crippen LogP contribution in [-0.2, 0) is 20.9 Å². The number of likely N-dealkylation sites (N-methyl/N-ethyl adjacent to an activating group) is 1. The summed E-state index contributed by atoms with van der Waals surface area (Å²) in [4.78, 5) is 48.6. The molecule has 3 atom stereocenters. The molecule has 2 aliphatic rings. The lowest BCUT2D eigenvalue weighted by molar-refractivity contribution is -0.140. The van der Waals surface area contributed by atoms with Gasteiger partial charge in [-0.2, -0.15) is 0 Å². The molecule has 47 heavy (non-hydrogen) atoms. The van der Waals surface area contributed by atoms with E-state index in [1.54, 1.807) is 19.2 Å². The van der Waals surface area contributed by atoms with Crippen LogP contribution in [0.3, 0.4) is 0 Å². The predicted octanol–water partition coefficient (Wildman–Crippen LogP) is 6.55. The average Bonchev–Trinajstić information content (AvgIpc) is 3.77. The van der Waals surface area contributed by atoms with Crippen molar-refractivity contribution in [3.05, 3.63) is 96.1 Å². The van der Waals surface area contributed by atoms with E-state index < -0.39 is 18.2 Å². The van der Waals surface area contributed by atoms with Crippen LogP contribution in [0.25, 0.3) is 16.7 Å². The second-order valence-electron chi connectivity index (χ2n) is 12.7. The molecule has 4 aromatic rings. The minimum absolute atomic E-state index is 0.0172. The van der Waals surface area contributed by atoms with E-state index in [9.17, 15) is 18.8 Å². The van der Waals surface area contributed by atoms with Gasteiger partial charge in [-0.15, -0.1) is 0 Å². The Labute approximate surface area is 274 Å². The Morgan fingerprint density at radius 3 is 2.57 bits per heavy atom. The first-order valence-electron chi connectivity index (χ1n) is 16.6. The lowest BCUT2D eigenvalue weighted by Crippen LogP contribution is -2.56. The summed E-state index contributed by atoms with van der Waals surface area (Å²) in [5.74, 6) is -0.0543. The van der Waals surface area contributed by atoms with Crippen LogP contribution in [0.15, 0.2) is 79.1 Å². The quantitative estimate of drug-likeness (QED) is 0.224. The van der Waals surface area contributed by atoms with Crippen LogP contribution in [0.1, 0.15) is 69.0 Å². The molecule has 9 nitrogen and oxygen atoms in total. The zero-order valence-corrected chi connectivity index (χ0v) is 27.0. The fourth-order valence-electron chi connectivity index (χ4n) is 6.92. The minimum Gasteiger partial charge on any atom is -0.445 e. The summed E-state index contributed by atoms with van der Waals surface area (Å²) >= 11 is 0. The smallest absolute Gasteiger partial charge is 0.410 e. The van der Waals surface area contributed by atoms with E-state index in [4.69, 9.17) is 4.74 Å². The number of rotatable bonds is 9. The van der Waals surface area contributed by atoms with Gasteiger partial charge in [0.05, 0.1) is 11.6 Å². The third-order valence-corrected chi connectivity index (χ3v) is 9.73. The van der Waals surface area contributed by atoms with E-state index in [0.717, 1.165) is 67.0 Å². The maximum Gasteiger partial charge on any atom is 0.410 e. The van der Waals surface area contributed by atoms with E-state index in [2.05, 4.69) is 10.3 Å². The molecular formula is C37H42FN5O4. The number of carbonyl (C=O) groups is 3. The normalized spacial score (nSPS) is 18.1. The Balaban J connectivity index is 1.18. The topological polar surface area (TPSA) is 96.8 Å². The number of hydrogen-bond donors (Lipinski definition) is 1. The molecule has 246 valence electrons. The molecule has 0 radical (unpaired) electrons. The zero-order chi connectivity index (χ0) is 32.9. The number of carbonyl (C=O) groups excluding carboxylic acids is 3. The van der Waals surface area contributed by atoms with Gasteiger partial charge in [-0.05, 0) is 86.1 Å². The maximum absolute atomic E-state index is 14.4. The van der Waals surface area contributed by atoms with Crippen LogP contribution >= 0.6 is 0 Å². The standard InChI is InChI=1S/C37H42FN5O4/c1-25(41(2)37(46)47-24-26-10-5-3-6-11-26)35(44)40-34(27-12-7-4-8-13-27)36(45)43-20-9-14-31(43)28-17-19-39-33(23-28)42-21-18-29-22-30(38)15-16-32(29)42/h3,5-6,10-11,15-19,21-23,25,27,31,34H,4,7-9,12-14,20,24H2,1-2H3,(H,40,44)/t25-,31-,34-/m0/s1. The summed E-state index contributed by atoms with van der Waals surface area (Å²) in [6, 6.07) is 18.1. The Bertz CT molecular complexity index is 1720. The Kier molecular flexibility index (Phi) is 9.84. The number of likely N-dealkylation sites (tertiary alicyclic amines) is 1. The molecule has 2 fully saturated rings. The number of hydrogen-bond acceptors (Lipinski definition) is 5. The second-order valence-corrected chi connectivity index (χ2v) is 12.7. The van der Waals surface area contributed by atoms with Gasteiger partial charge in [0, 0.05) is 31.4 Å². The van der Waals surface area contributed by atoms with Crippen LogP contribution in [0, 0.1) is 11.7 Å². The summed E-state index contributed by atoms with van der Waals surface area (Å²) in [7, 11) is 1.54. The third kappa shape index (κ3) is 7.16. The average molecular weight is 640 g/mol. The van der Waals surface area contributed by atoms with E-state index in [1.807, 2.05) is 64.2 Å². The number of pyridine rings is 1. The SMILES string of the molecule is C[C@@H](C(=O)N[C@H](C(=O)N1CCC[C@H]1c1ccnc(-n2ccc3cc(F)ccc32)c1)C1CCCCC1)N(C)C(=O)OCc1ccccc1. The van der Waals surface area contributed by atoms with Crippen molar-refractivity contribution in [1.29, 1.82) is 0 Å². The summed E-state index contributed by atoms with van der Waals surface area (Å²) in [6.45, 7) is 2.35. The molecule has 1 N–H and O–H groups in total. The number of halogens is 1. The highest BCUT2D eigenvalue weighted by molar-refractivity contribution is 5.91. The number of benzene rings is 2. The van der Waals surface area contributed by atoms with Crippen molar-refractivity contribution in [1.82, 2.24) is 24.7 Å². The monoisotopic (exact) mass is 639 g/mol. The van der Waals surface area contributed by atoms with Crippen LogP contribution in [0.4, 0.5) is 9.18 Å². The van der Waals surface area contributed by atoms with Crippen molar-refractivity contribution in [2.24, 2.45) is 5.92 Å². The molecule has 3 amide bonds. The van der Waals surface area contributed by atoms with Crippen LogP contribution in [-0.4, -0.2) is 62.9 Å². The molecule has 2 aromatic heterocycles. The van der Waals surface area contributed by atoms with Gasteiger partial charge < -0.3 is 19.5 Å². The molecule has 2 aromatic carbocycles. The van der Waals surface area contributed by atoms with Gasteiger partial charge in [0.15, 0.2) is 0 Å². The molecule has 0 unspecified atom stereocenters. The first-order chi connectivity index (χ1) is 22.8. The molecule has 1 saturated heterocycles. The summed E-state index contributed by atoms with van der Waals surface area (Å²) in [6.07, 6.45) is 9.51. The summed E-state index contributed by atoms with van der Waals surface area (Å²) in [5, 5.41) is 3.86. The van der Waals surface area contributed by atoms with E-state index in [-0.39, 0.29) is 36.2 Å². The van der Waals surface area contributed by atoms with Crippen LogP contribution in [0.2, 0.25) is 0 Å². The Morgan fingerprint density at radius 2 is 1.79 bits per heavy atom. The van der Waals surface area contributed by atoms with Gasteiger partial charge >= 0.3 is 6.09 Å². The lowest BCUT2D eigenvalue weighted by Gasteiger charge is -2.36. The molecule has 6 rings (SSSR count). The van der Waals surface area contributed by atoms with Crippen molar-refractivity contribution in [3.8, 4) is 5.82 Å². The van der Waals surface area contributed by atoms with Gasteiger partial charge in [0.2, 0.25) is 11.8 Å². The molecule has 1 aliphatic heterocycles. The molecule has 0 bridgehead atoms. The highest BCUT2D eigenvalue weighted by Gasteiger charge is 2.40. The third-order valence-electron chi connectivity index (χ3n) is 9.73. The van der Waals surface area contributed by atoms with E-state index in [0.29, 0.717) is 12.4 Å². The van der Waals surface area contributed by atoms with Crippen molar-refractivity contribution in [2.45, 2.75) is 76.6 Å². The molecular weight excluding hydrogens is 597 g/mol. The number of amides is 3. The largest absolute Gasteiger partial charge is 0.445 e. The molecule has 10 heteroatoms. The predicted molar refractivity (Wildman–Crippen MR) is 177 cm³/mol. The van der Waals surface area contributed by atoms with Crippen molar-refractivity contribution < 1.29 is 23.5 Å². The first kappa shape index (κ1) is 32.2. The van der Waals surface area contributed by atoms with Crippen LogP contribution < -0.4 is 5.32 Å². The van der Waals surface area contributed by atoms with E-state index in [1.165, 1.54) is 24.1 Å². The fourth-order valence-corrected chi connectivity index (χ4v) is 6.92. The van der Waals surface area contributed by atoms with Gasteiger partial charge in [0.25, 0.3) is 0 Å².